The molecule has 1 aromatic carbocycles. The van der Waals surface area contributed by atoms with E-state index in [1.54, 1.807) is 6.33 Å². The molecule has 2 aromatic rings. The van der Waals surface area contributed by atoms with E-state index in [4.69, 9.17) is 16.4 Å². The molecule has 1 atom stereocenters. The topological polar surface area (TPSA) is 130 Å². The Labute approximate surface area is 169 Å². The third-order valence-electron chi connectivity index (χ3n) is 5.51. The van der Waals surface area contributed by atoms with E-state index in [1.807, 2.05) is 25.1 Å². The number of aryl methyl sites for hydroxylation is 1. The van der Waals surface area contributed by atoms with E-state index < -0.39 is 0 Å². The highest BCUT2D eigenvalue weighted by Gasteiger charge is 2.27. The number of rotatable bonds is 4. The SMILES string of the molecule is Cc1ncnc(N2CCN(CC3Nc4ccc(/C(=N/N)NN)cc4O3)CC2)c1C. The van der Waals surface area contributed by atoms with Crippen molar-refractivity contribution in [1.29, 1.82) is 0 Å². The smallest absolute Gasteiger partial charge is 0.182 e. The lowest BCUT2D eigenvalue weighted by molar-refractivity contribution is 0.158. The van der Waals surface area contributed by atoms with E-state index in [1.165, 1.54) is 0 Å². The molecular formula is C19H27N9O. The third-order valence-corrected chi connectivity index (χ3v) is 5.51. The van der Waals surface area contributed by atoms with Crippen molar-refractivity contribution < 1.29 is 4.74 Å². The lowest BCUT2D eigenvalue weighted by atomic mass is 10.2. The normalized spacial score (nSPS) is 19.5. The number of benzene rings is 1. The minimum atomic E-state index is -0.0982. The number of nitrogens with one attached hydrogen (secondary N) is 2. The first-order valence-corrected chi connectivity index (χ1v) is 9.66. The van der Waals surface area contributed by atoms with Crippen LogP contribution in [0.2, 0.25) is 0 Å². The van der Waals surface area contributed by atoms with Crippen LogP contribution in [0.25, 0.3) is 0 Å². The van der Waals surface area contributed by atoms with E-state index in [9.17, 15) is 0 Å². The number of hydrazone groups is 1. The summed E-state index contributed by atoms with van der Waals surface area (Å²) in [6.07, 6.45) is 1.55. The van der Waals surface area contributed by atoms with Gasteiger partial charge >= 0.3 is 0 Å². The molecule has 0 bridgehead atoms. The van der Waals surface area contributed by atoms with Gasteiger partial charge in [-0.1, -0.05) is 0 Å². The van der Waals surface area contributed by atoms with Crippen LogP contribution in [0.4, 0.5) is 11.5 Å². The second-order valence-corrected chi connectivity index (χ2v) is 7.28. The van der Waals surface area contributed by atoms with Crippen molar-refractivity contribution in [3.8, 4) is 5.75 Å². The van der Waals surface area contributed by atoms with Gasteiger partial charge in [-0.25, -0.2) is 15.8 Å². The van der Waals surface area contributed by atoms with E-state index in [2.05, 4.69) is 42.5 Å². The summed E-state index contributed by atoms with van der Waals surface area (Å²) in [4.78, 5) is 13.5. The van der Waals surface area contributed by atoms with Gasteiger partial charge in [0.1, 0.15) is 17.9 Å². The first-order chi connectivity index (χ1) is 14.1. The molecule has 29 heavy (non-hydrogen) atoms. The maximum atomic E-state index is 6.08. The second kappa shape index (κ2) is 8.10. The standard InChI is InChI=1S/C19H27N9O/c1-12-13(2)22-11-23-19(12)28-7-5-27(6-8-28)10-17-24-15-4-3-14(9-16(15)29-17)18(25-20)26-21/h3-4,9,11,17,24H,5-8,10,20-21H2,1-2H3,(H,25,26). The Bertz CT molecular complexity index is 909. The molecule has 0 spiro atoms. The summed E-state index contributed by atoms with van der Waals surface area (Å²) in [6, 6.07) is 5.73. The van der Waals surface area contributed by atoms with E-state index >= 15 is 0 Å². The minimum absolute atomic E-state index is 0.0982. The molecule has 4 rings (SSSR count). The first-order valence-electron chi connectivity index (χ1n) is 9.66. The lowest BCUT2D eigenvalue weighted by Gasteiger charge is -2.36. The molecule has 0 aliphatic carbocycles. The number of nitrogens with zero attached hydrogens (tertiary/aromatic N) is 5. The van der Waals surface area contributed by atoms with Crippen LogP contribution in [0.3, 0.4) is 0 Å². The van der Waals surface area contributed by atoms with Crippen LogP contribution in [0, 0.1) is 13.8 Å². The molecule has 1 fully saturated rings. The predicted molar refractivity (Wildman–Crippen MR) is 113 cm³/mol. The Hall–Kier alpha value is -3.11. The van der Waals surface area contributed by atoms with Crippen molar-refractivity contribution in [3.05, 3.63) is 41.3 Å². The molecule has 0 saturated carbocycles. The maximum absolute atomic E-state index is 6.08. The van der Waals surface area contributed by atoms with Crippen LogP contribution < -0.4 is 32.1 Å². The van der Waals surface area contributed by atoms with Gasteiger partial charge in [-0.05, 0) is 32.0 Å². The van der Waals surface area contributed by atoms with E-state index in [0.717, 1.165) is 66.8 Å². The van der Waals surface area contributed by atoms with Crippen molar-refractivity contribution in [2.24, 2.45) is 16.8 Å². The minimum Gasteiger partial charge on any atom is -0.467 e. The van der Waals surface area contributed by atoms with Crippen LogP contribution in [0.15, 0.2) is 29.6 Å². The Kier molecular flexibility index (Phi) is 5.36. The Morgan fingerprint density at radius 3 is 2.79 bits per heavy atom. The molecule has 1 saturated heterocycles. The molecular weight excluding hydrogens is 370 g/mol. The number of fused-ring (bicyclic) bond motifs is 1. The molecule has 6 N–H and O–H groups in total. The molecule has 154 valence electrons. The number of aromatic nitrogens is 2. The molecule has 2 aliphatic rings. The van der Waals surface area contributed by atoms with Crippen LogP contribution in [0.1, 0.15) is 16.8 Å². The molecule has 3 heterocycles. The number of hydrogen-bond donors (Lipinski definition) is 4. The van der Waals surface area contributed by atoms with Crippen molar-refractivity contribution in [1.82, 2.24) is 20.3 Å². The lowest BCUT2D eigenvalue weighted by Crippen LogP contribution is -2.50. The summed E-state index contributed by atoms with van der Waals surface area (Å²) in [5, 5.41) is 7.06. The van der Waals surface area contributed by atoms with Crippen LogP contribution in [-0.4, -0.2) is 59.7 Å². The predicted octanol–water partition coefficient (Wildman–Crippen LogP) is 0.130. The highest BCUT2D eigenvalue weighted by Crippen LogP contribution is 2.33. The van der Waals surface area contributed by atoms with Crippen molar-refractivity contribution >= 4 is 17.3 Å². The van der Waals surface area contributed by atoms with Crippen molar-refractivity contribution in [2.75, 3.05) is 42.9 Å². The van der Waals surface area contributed by atoms with Crippen LogP contribution in [0.5, 0.6) is 5.75 Å². The summed E-state index contributed by atoms with van der Waals surface area (Å²) >= 11 is 0. The zero-order valence-corrected chi connectivity index (χ0v) is 16.7. The summed E-state index contributed by atoms with van der Waals surface area (Å²) < 4.78 is 6.08. The summed E-state index contributed by atoms with van der Waals surface area (Å²) in [5.74, 6) is 13.0. The number of hydrogen-bond acceptors (Lipinski definition) is 9. The second-order valence-electron chi connectivity index (χ2n) is 7.28. The molecule has 10 nitrogen and oxygen atoms in total. The maximum Gasteiger partial charge on any atom is 0.182 e. The quantitative estimate of drug-likeness (QED) is 0.246. The van der Waals surface area contributed by atoms with Gasteiger partial charge in [-0.3, -0.25) is 4.90 Å². The molecule has 0 radical (unpaired) electrons. The van der Waals surface area contributed by atoms with Crippen molar-refractivity contribution in [3.63, 3.8) is 0 Å². The van der Waals surface area contributed by atoms with Gasteiger partial charge in [-0.2, -0.15) is 5.10 Å². The van der Waals surface area contributed by atoms with Gasteiger partial charge in [0.05, 0.1) is 12.2 Å². The Morgan fingerprint density at radius 2 is 2.07 bits per heavy atom. The molecule has 1 aromatic heterocycles. The van der Waals surface area contributed by atoms with E-state index in [0.29, 0.717) is 5.84 Å². The average Bonchev–Trinajstić information content (AvgIpc) is 3.13. The molecule has 1 unspecified atom stereocenters. The van der Waals surface area contributed by atoms with Crippen LogP contribution >= 0.6 is 0 Å². The highest BCUT2D eigenvalue weighted by molar-refractivity contribution is 5.99. The van der Waals surface area contributed by atoms with Gasteiger partial charge in [0.15, 0.2) is 12.1 Å². The van der Waals surface area contributed by atoms with Gasteiger partial charge in [-0.15, -0.1) is 0 Å². The molecule has 2 aliphatic heterocycles. The summed E-state index contributed by atoms with van der Waals surface area (Å²) in [5.41, 5.74) is 6.41. The zero-order chi connectivity index (χ0) is 20.4. The van der Waals surface area contributed by atoms with Crippen LogP contribution in [-0.2, 0) is 0 Å². The van der Waals surface area contributed by atoms with Gasteiger partial charge in [0.2, 0.25) is 0 Å². The fourth-order valence-electron chi connectivity index (χ4n) is 3.74. The number of nitrogens with two attached hydrogens (primary N) is 2. The number of ether oxygens (including phenoxy) is 1. The molecule has 0 amide bonds. The Morgan fingerprint density at radius 1 is 1.28 bits per heavy atom. The number of amidine groups is 1. The number of anilines is 2. The first kappa shape index (κ1) is 19.2. The van der Waals surface area contributed by atoms with E-state index in [-0.39, 0.29) is 6.23 Å². The number of hydrazine groups is 1. The fourth-order valence-corrected chi connectivity index (χ4v) is 3.74. The largest absolute Gasteiger partial charge is 0.467 e. The van der Waals surface area contributed by atoms with Gasteiger partial charge < -0.3 is 26.2 Å². The summed E-state index contributed by atoms with van der Waals surface area (Å²) in [7, 11) is 0. The van der Waals surface area contributed by atoms with Gasteiger partial charge in [0, 0.05) is 43.0 Å². The number of piperazine rings is 1. The fraction of sp³-hybridized carbons (Fsp3) is 0.421. The average molecular weight is 397 g/mol. The Balaban J connectivity index is 1.34. The summed E-state index contributed by atoms with van der Waals surface area (Å²) in [6.45, 7) is 8.67. The highest BCUT2D eigenvalue weighted by atomic mass is 16.5. The van der Waals surface area contributed by atoms with Crippen molar-refractivity contribution in [2.45, 2.75) is 20.1 Å². The zero-order valence-electron chi connectivity index (χ0n) is 16.7. The third kappa shape index (κ3) is 3.89. The molecule has 10 heteroatoms. The van der Waals surface area contributed by atoms with Gasteiger partial charge in [0.25, 0.3) is 0 Å². The monoisotopic (exact) mass is 397 g/mol.